The van der Waals surface area contributed by atoms with E-state index in [0.717, 1.165) is 16.5 Å². The summed E-state index contributed by atoms with van der Waals surface area (Å²) in [6.45, 7) is 1.34. The van der Waals surface area contributed by atoms with Gasteiger partial charge < -0.3 is 4.74 Å². The molecule has 7 nitrogen and oxygen atoms in total. The second-order valence-corrected chi connectivity index (χ2v) is 6.74. The van der Waals surface area contributed by atoms with Crippen LogP contribution in [0.3, 0.4) is 0 Å². The van der Waals surface area contributed by atoms with Crippen molar-refractivity contribution < 1.29 is 19.1 Å². The third-order valence-electron chi connectivity index (χ3n) is 3.64. The highest BCUT2D eigenvalue weighted by atomic mass is 32.1. The maximum atomic E-state index is 12.1. The molecule has 2 aromatic carbocycles. The normalized spacial score (nSPS) is 10.4. The second kappa shape index (κ2) is 8.41. The summed E-state index contributed by atoms with van der Waals surface area (Å²) in [5.74, 6) is -1.65. The molecule has 0 fully saturated rings. The van der Waals surface area contributed by atoms with Crippen LogP contribution in [-0.2, 0) is 20.7 Å². The molecule has 1 aromatic heterocycles. The van der Waals surface area contributed by atoms with Crippen molar-refractivity contribution in [2.45, 2.75) is 13.3 Å². The lowest BCUT2D eigenvalue weighted by Gasteiger charge is -2.08. The van der Waals surface area contributed by atoms with Gasteiger partial charge in [-0.25, -0.2) is 9.78 Å². The molecular weight excluding hydrogens is 366 g/mol. The summed E-state index contributed by atoms with van der Waals surface area (Å²) in [6, 6.07) is 12.8. The maximum absolute atomic E-state index is 12.1. The first kappa shape index (κ1) is 18.5. The number of hydrazine groups is 1. The Morgan fingerprint density at radius 2 is 1.78 bits per heavy atom. The lowest BCUT2D eigenvalue weighted by Crippen LogP contribution is -2.44. The number of hydrogen-bond donors (Lipinski definition) is 2. The number of carbonyl (C=O) groups excluding carboxylic acids is 3. The monoisotopic (exact) mass is 383 g/mol. The van der Waals surface area contributed by atoms with Crippen molar-refractivity contribution in [1.82, 2.24) is 15.8 Å². The van der Waals surface area contributed by atoms with Crippen molar-refractivity contribution in [2.75, 3.05) is 6.61 Å². The minimum atomic E-state index is -0.632. The number of aromatic nitrogens is 1. The average Bonchev–Trinajstić information content (AvgIpc) is 3.08. The Morgan fingerprint density at radius 3 is 2.52 bits per heavy atom. The summed E-state index contributed by atoms with van der Waals surface area (Å²) in [5.41, 5.74) is 5.66. The zero-order valence-corrected chi connectivity index (χ0v) is 15.3. The van der Waals surface area contributed by atoms with Crippen molar-refractivity contribution in [1.29, 1.82) is 0 Å². The molecule has 27 heavy (non-hydrogen) atoms. The molecule has 1 heterocycles. The van der Waals surface area contributed by atoms with Gasteiger partial charge in [-0.1, -0.05) is 30.3 Å². The number of hydrogen-bond acceptors (Lipinski definition) is 6. The van der Waals surface area contributed by atoms with Gasteiger partial charge >= 0.3 is 5.97 Å². The Balaban J connectivity index is 1.45. The number of ether oxygens (including phenoxy) is 1. The number of fused-ring (bicyclic) bond motifs is 1. The van der Waals surface area contributed by atoms with E-state index in [1.165, 1.54) is 11.3 Å². The molecule has 0 saturated carbocycles. The van der Waals surface area contributed by atoms with Crippen LogP contribution in [0, 0.1) is 6.92 Å². The van der Waals surface area contributed by atoms with Crippen molar-refractivity contribution >= 4 is 39.9 Å². The molecule has 0 aliphatic heterocycles. The van der Waals surface area contributed by atoms with Gasteiger partial charge in [-0.2, -0.15) is 0 Å². The highest BCUT2D eigenvalue weighted by molar-refractivity contribution is 7.09. The van der Waals surface area contributed by atoms with E-state index >= 15 is 0 Å². The smallest absolute Gasteiger partial charge is 0.338 e. The van der Waals surface area contributed by atoms with Gasteiger partial charge in [0.1, 0.15) is 5.01 Å². The van der Waals surface area contributed by atoms with E-state index in [4.69, 9.17) is 4.74 Å². The summed E-state index contributed by atoms with van der Waals surface area (Å²) in [6.07, 6.45) is 0.0651. The lowest BCUT2D eigenvalue weighted by molar-refractivity contribution is -0.130. The number of esters is 1. The Bertz CT molecular complexity index is 999. The van der Waals surface area contributed by atoms with E-state index in [1.54, 1.807) is 12.1 Å². The molecule has 0 saturated heterocycles. The van der Waals surface area contributed by atoms with E-state index in [0.29, 0.717) is 10.6 Å². The van der Waals surface area contributed by atoms with E-state index < -0.39 is 24.4 Å². The molecule has 3 rings (SSSR count). The lowest BCUT2D eigenvalue weighted by atomic mass is 10.1. The van der Waals surface area contributed by atoms with E-state index in [2.05, 4.69) is 15.8 Å². The Hall–Kier alpha value is -3.26. The topological polar surface area (TPSA) is 97.4 Å². The maximum Gasteiger partial charge on any atom is 0.338 e. The van der Waals surface area contributed by atoms with Gasteiger partial charge in [0.2, 0.25) is 5.91 Å². The van der Waals surface area contributed by atoms with Crippen LogP contribution in [0.5, 0.6) is 0 Å². The number of nitrogens with one attached hydrogen (secondary N) is 2. The summed E-state index contributed by atoms with van der Waals surface area (Å²) in [5, 5.41) is 4.40. The number of nitrogens with zero attached hydrogens (tertiary/aromatic N) is 1. The molecule has 0 aliphatic carbocycles. The van der Waals surface area contributed by atoms with Gasteiger partial charge in [-0.05, 0) is 29.8 Å². The van der Waals surface area contributed by atoms with Gasteiger partial charge in [-0.15, -0.1) is 11.3 Å². The van der Waals surface area contributed by atoms with Crippen molar-refractivity contribution in [3.63, 3.8) is 0 Å². The van der Waals surface area contributed by atoms with Crippen molar-refractivity contribution in [3.8, 4) is 0 Å². The fourth-order valence-electron chi connectivity index (χ4n) is 2.37. The second-order valence-electron chi connectivity index (χ2n) is 5.79. The Morgan fingerprint density at radius 1 is 1.04 bits per heavy atom. The number of thiazole rings is 1. The molecule has 8 heteroatoms. The van der Waals surface area contributed by atoms with Crippen LogP contribution in [0.15, 0.2) is 47.8 Å². The predicted octanol–water partition coefficient (Wildman–Crippen LogP) is 2.15. The molecule has 0 aliphatic rings. The zero-order valence-electron chi connectivity index (χ0n) is 14.5. The van der Waals surface area contributed by atoms with Gasteiger partial charge in [0.05, 0.1) is 12.0 Å². The average molecular weight is 383 g/mol. The number of rotatable bonds is 5. The Labute approximate surface area is 159 Å². The van der Waals surface area contributed by atoms with Gasteiger partial charge in [0.15, 0.2) is 6.61 Å². The summed E-state index contributed by atoms with van der Waals surface area (Å²) < 4.78 is 4.98. The summed E-state index contributed by atoms with van der Waals surface area (Å²) in [7, 11) is 0. The van der Waals surface area contributed by atoms with Crippen LogP contribution in [0.1, 0.15) is 21.1 Å². The van der Waals surface area contributed by atoms with Crippen LogP contribution >= 0.6 is 11.3 Å². The largest absolute Gasteiger partial charge is 0.452 e. The van der Waals surface area contributed by atoms with Crippen molar-refractivity contribution in [3.05, 3.63) is 64.1 Å². The highest BCUT2D eigenvalue weighted by Crippen LogP contribution is 2.16. The first-order valence-electron chi connectivity index (χ1n) is 8.16. The highest BCUT2D eigenvalue weighted by Gasteiger charge is 2.12. The van der Waals surface area contributed by atoms with Crippen LogP contribution in [0.4, 0.5) is 0 Å². The molecule has 0 bridgehead atoms. The molecule has 0 atom stereocenters. The van der Waals surface area contributed by atoms with Crippen LogP contribution < -0.4 is 10.9 Å². The fourth-order valence-corrected chi connectivity index (χ4v) is 3.14. The molecule has 0 radical (unpaired) electrons. The SMILES string of the molecule is Cc1csc(CC(=O)NNC(=O)COC(=O)c2ccc3ccccc3c2)n1. The van der Waals surface area contributed by atoms with Crippen LogP contribution in [-0.4, -0.2) is 29.4 Å². The molecule has 138 valence electrons. The molecule has 2 amide bonds. The zero-order chi connectivity index (χ0) is 19.2. The first-order chi connectivity index (χ1) is 13.0. The van der Waals surface area contributed by atoms with Gasteiger partial charge in [0.25, 0.3) is 5.91 Å². The van der Waals surface area contributed by atoms with Crippen molar-refractivity contribution in [2.24, 2.45) is 0 Å². The Kier molecular flexibility index (Phi) is 5.77. The third-order valence-corrected chi connectivity index (χ3v) is 4.61. The van der Waals surface area contributed by atoms with Crippen LogP contribution in [0.2, 0.25) is 0 Å². The van der Waals surface area contributed by atoms with Gasteiger partial charge in [0, 0.05) is 11.1 Å². The van der Waals surface area contributed by atoms with E-state index in [-0.39, 0.29) is 6.42 Å². The molecular formula is C19H17N3O4S. The van der Waals surface area contributed by atoms with E-state index in [1.807, 2.05) is 42.6 Å². The third kappa shape index (κ3) is 5.11. The molecule has 3 aromatic rings. The van der Waals surface area contributed by atoms with E-state index in [9.17, 15) is 14.4 Å². The molecule has 2 N–H and O–H groups in total. The number of aryl methyl sites for hydroxylation is 1. The van der Waals surface area contributed by atoms with Crippen LogP contribution in [0.25, 0.3) is 10.8 Å². The fraction of sp³-hybridized carbons (Fsp3) is 0.158. The number of carbonyl (C=O) groups is 3. The molecule has 0 unspecified atom stereocenters. The minimum absolute atomic E-state index is 0.0651. The molecule has 0 spiro atoms. The summed E-state index contributed by atoms with van der Waals surface area (Å²) in [4.78, 5) is 39.7. The number of amides is 2. The number of benzene rings is 2. The predicted molar refractivity (Wildman–Crippen MR) is 101 cm³/mol. The summed E-state index contributed by atoms with van der Waals surface area (Å²) >= 11 is 1.37. The quantitative estimate of drug-likeness (QED) is 0.520. The minimum Gasteiger partial charge on any atom is -0.452 e. The first-order valence-corrected chi connectivity index (χ1v) is 9.04. The van der Waals surface area contributed by atoms with Gasteiger partial charge in [-0.3, -0.25) is 20.4 Å². The standard InChI is InChI=1S/C19H17N3O4S/c1-12-11-27-18(20-12)9-16(23)21-22-17(24)10-26-19(25)15-7-6-13-4-2-3-5-14(13)8-15/h2-8,11H,9-10H2,1H3,(H,21,23)(H,22,24).